The van der Waals surface area contributed by atoms with E-state index in [1.54, 1.807) is 0 Å². The lowest BCUT2D eigenvalue weighted by Crippen LogP contribution is -2.13. The Hall–Kier alpha value is -1.63. The average Bonchev–Trinajstić information content (AvgIpc) is 3.08. The largest absolute Gasteiger partial charge is 0.374 e. The van der Waals surface area contributed by atoms with E-state index in [-0.39, 0.29) is 11.7 Å². The van der Waals surface area contributed by atoms with Crippen molar-refractivity contribution in [1.29, 1.82) is 5.26 Å². The van der Waals surface area contributed by atoms with Gasteiger partial charge in [0.05, 0.1) is 11.3 Å². The summed E-state index contributed by atoms with van der Waals surface area (Å²) in [6.07, 6.45) is 4.20. The SMILES string of the molecule is N#Cc1c(NC(=O)CSc2nnc(N)s2)sc2c1CCCC2. The number of thiophene rings is 1. The van der Waals surface area contributed by atoms with Gasteiger partial charge in [-0.25, -0.2) is 0 Å². The van der Waals surface area contributed by atoms with Crippen molar-refractivity contribution < 1.29 is 4.79 Å². The minimum atomic E-state index is -0.145. The fourth-order valence-electron chi connectivity index (χ4n) is 2.34. The number of anilines is 2. The molecule has 1 aliphatic carbocycles. The maximum Gasteiger partial charge on any atom is 0.235 e. The van der Waals surface area contributed by atoms with Crippen LogP contribution in [0.5, 0.6) is 0 Å². The quantitative estimate of drug-likeness (QED) is 0.821. The molecule has 0 aliphatic heterocycles. The number of nitrogen functional groups attached to an aromatic ring is 1. The fraction of sp³-hybridized carbons (Fsp3) is 0.385. The van der Waals surface area contributed by atoms with Crippen molar-refractivity contribution in [2.75, 3.05) is 16.8 Å². The van der Waals surface area contributed by atoms with E-state index in [0.717, 1.165) is 31.2 Å². The number of nitrogens with two attached hydrogens (primary N) is 1. The van der Waals surface area contributed by atoms with Gasteiger partial charge in [-0.3, -0.25) is 4.79 Å². The van der Waals surface area contributed by atoms with Gasteiger partial charge in [0.15, 0.2) is 4.34 Å². The lowest BCUT2D eigenvalue weighted by atomic mass is 9.96. The van der Waals surface area contributed by atoms with Crippen LogP contribution in [0.3, 0.4) is 0 Å². The number of amides is 1. The highest BCUT2D eigenvalue weighted by molar-refractivity contribution is 8.01. The topological polar surface area (TPSA) is 105 Å². The number of rotatable bonds is 4. The van der Waals surface area contributed by atoms with Gasteiger partial charge >= 0.3 is 0 Å². The number of hydrogen-bond acceptors (Lipinski definition) is 8. The van der Waals surface area contributed by atoms with Gasteiger partial charge in [-0.1, -0.05) is 23.1 Å². The number of thioether (sulfide) groups is 1. The number of carbonyl (C=O) groups is 1. The highest BCUT2D eigenvalue weighted by Crippen LogP contribution is 2.37. The van der Waals surface area contributed by atoms with Gasteiger partial charge in [-0.05, 0) is 31.2 Å². The van der Waals surface area contributed by atoms with Crippen molar-refractivity contribution in [3.63, 3.8) is 0 Å². The lowest BCUT2D eigenvalue weighted by molar-refractivity contribution is -0.113. The third kappa shape index (κ3) is 3.24. The van der Waals surface area contributed by atoms with Crippen LogP contribution in [-0.4, -0.2) is 21.9 Å². The second-order valence-corrected chi connectivity index (χ2v) is 8.11. The summed E-state index contributed by atoms with van der Waals surface area (Å²) in [4.78, 5) is 13.3. The second kappa shape index (κ2) is 6.64. The van der Waals surface area contributed by atoms with E-state index in [1.807, 2.05) is 0 Å². The molecule has 0 spiro atoms. The molecule has 114 valence electrons. The van der Waals surface area contributed by atoms with Crippen LogP contribution in [0.4, 0.5) is 10.1 Å². The summed E-state index contributed by atoms with van der Waals surface area (Å²) in [7, 11) is 0. The molecule has 0 bridgehead atoms. The van der Waals surface area contributed by atoms with Crippen LogP contribution in [0.2, 0.25) is 0 Å². The molecule has 1 aliphatic rings. The summed E-state index contributed by atoms with van der Waals surface area (Å²) in [5.41, 5.74) is 7.26. The monoisotopic (exact) mass is 351 g/mol. The van der Waals surface area contributed by atoms with Crippen molar-refractivity contribution >= 4 is 50.5 Å². The minimum Gasteiger partial charge on any atom is -0.374 e. The smallest absolute Gasteiger partial charge is 0.235 e. The summed E-state index contributed by atoms with van der Waals surface area (Å²) < 4.78 is 0.665. The molecule has 0 radical (unpaired) electrons. The average molecular weight is 351 g/mol. The Labute approximate surface area is 139 Å². The number of hydrogen-bond donors (Lipinski definition) is 2. The maximum absolute atomic E-state index is 12.1. The van der Waals surface area contributed by atoms with Crippen molar-refractivity contribution in [3.05, 3.63) is 16.0 Å². The first-order chi connectivity index (χ1) is 10.7. The van der Waals surface area contributed by atoms with Gasteiger partial charge in [-0.15, -0.1) is 21.5 Å². The zero-order valence-corrected chi connectivity index (χ0v) is 14.0. The number of aromatic nitrogens is 2. The molecular weight excluding hydrogens is 338 g/mol. The highest BCUT2D eigenvalue weighted by Gasteiger charge is 2.21. The maximum atomic E-state index is 12.1. The Kier molecular flexibility index (Phi) is 4.61. The number of carbonyl (C=O) groups excluding carboxylic acids is 1. The Balaban J connectivity index is 1.66. The van der Waals surface area contributed by atoms with Gasteiger partial charge in [0.25, 0.3) is 0 Å². The van der Waals surface area contributed by atoms with E-state index < -0.39 is 0 Å². The molecule has 1 amide bonds. The molecule has 3 N–H and O–H groups in total. The first kappa shape index (κ1) is 15.3. The predicted octanol–water partition coefficient (Wildman–Crippen LogP) is 2.66. The molecule has 0 unspecified atom stereocenters. The van der Waals surface area contributed by atoms with Crippen molar-refractivity contribution in [2.24, 2.45) is 0 Å². The molecule has 0 saturated carbocycles. The molecule has 6 nitrogen and oxygen atoms in total. The molecule has 2 heterocycles. The molecule has 0 fully saturated rings. The third-order valence-electron chi connectivity index (χ3n) is 3.28. The van der Waals surface area contributed by atoms with E-state index >= 15 is 0 Å². The van der Waals surface area contributed by atoms with Crippen molar-refractivity contribution in [2.45, 2.75) is 30.0 Å². The molecule has 0 aromatic carbocycles. The molecule has 3 rings (SSSR count). The Morgan fingerprint density at radius 2 is 2.18 bits per heavy atom. The van der Waals surface area contributed by atoms with Crippen LogP contribution in [0.1, 0.15) is 28.8 Å². The third-order valence-corrected chi connectivity index (χ3v) is 6.38. The molecule has 2 aromatic rings. The molecule has 2 aromatic heterocycles. The Morgan fingerprint density at radius 3 is 2.91 bits per heavy atom. The van der Waals surface area contributed by atoms with E-state index in [0.29, 0.717) is 20.0 Å². The normalized spacial score (nSPS) is 13.4. The lowest BCUT2D eigenvalue weighted by Gasteiger charge is -2.09. The predicted molar refractivity (Wildman–Crippen MR) is 89.4 cm³/mol. The van der Waals surface area contributed by atoms with Crippen LogP contribution in [0.25, 0.3) is 0 Å². The number of fused-ring (bicyclic) bond motifs is 1. The number of nitrogens with zero attached hydrogens (tertiary/aromatic N) is 3. The fourth-order valence-corrected chi connectivity index (χ4v) is 5.03. The number of nitriles is 1. The highest BCUT2D eigenvalue weighted by atomic mass is 32.2. The zero-order chi connectivity index (χ0) is 15.5. The van der Waals surface area contributed by atoms with Crippen molar-refractivity contribution in [1.82, 2.24) is 10.2 Å². The van der Waals surface area contributed by atoms with Crippen LogP contribution in [0.15, 0.2) is 4.34 Å². The summed E-state index contributed by atoms with van der Waals surface area (Å²) in [5, 5.41) is 20.8. The van der Waals surface area contributed by atoms with E-state index in [9.17, 15) is 10.1 Å². The molecule has 0 atom stereocenters. The van der Waals surface area contributed by atoms with Gasteiger partial charge in [-0.2, -0.15) is 5.26 Å². The summed E-state index contributed by atoms with van der Waals surface area (Å²) >= 11 is 4.08. The van der Waals surface area contributed by atoms with Crippen LogP contribution >= 0.6 is 34.4 Å². The second-order valence-electron chi connectivity index (χ2n) is 4.77. The first-order valence-corrected chi connectivity index (χ1v) is 9.35. The minimum absolute atomic E-state index is 0.145. The summed E-state index contributed by atoms with van der Waals surface area (Å²) in [6, 6.07) is 2.24. The Bertz CT molecular complexity index is 745. The van der Waals surface area contributed by atoms with Gasteiger partial charge in [0.2, 0.25) is 11.0 Å². The van der Waals surface area contributed by atoms with Crippen LogP contribution in [0, 0.1) is 11.3 Å². The zero-order valence-electron chi connectivity index (χ0n) is 11.6. The molecule has 22 heavy (non-hydrogen) atoms. The van der Waals surface area contributed by atoms with E-state index in [4.69, 9.17) is 5.73 Å². The van der Waals surface area contributed by atoms with E-state index in [1.165, 1.54) is 39.3 Å². The number of aryl methyl sites for hydroxylation is 1. The Morgan fingerprint density at radius 1 is 1.36 bits per heavy atom. The van der Waals surface area contributed by atoms with Crippen molar-refractivity contribution in [3.8, 4) is 6.07 Å². The van der Waals surface area contributed by atoms with Crippen LogP contribution in [-0.2, 0) is 17.6 Å². The van der Waals surface area contributed by atoms with Gasteiger partial charge < -0.3 is 11.1 Å². The van der Waals surface area contributed by atoms with Gasteiger partial charge in [0, 0.05) is 4.88 Å². The molecule has 0 saturated heterocycles. The number of nitrogens with one attached hydrogen (secondary N) is 1. The van der Waals surface area contributed by atoms with E-state index in [2.05, 4.69) is 21.6 Å². The molecular formula is C13H13N5OS3. The summed E-state index contributed by atoms with van der Waals surface area (Å²) in [6.45, 7) is 0. The first-order valence-electron chi connectivity index (χ1n) is 6.73. The molecule has 9 heteroatoms. The standard InChI is InChI=1S/C13H13N5OS3/c14-5-8-7-3-1-2-4-9(7)21-11(8)16-10(19)6-20-13-18-17-12(15)22-13/h1-4,6H2,(H2,15,17)(H,16,19). The van der Waals surface area contributed by atoms with Gasteiger partial charge in [0.1, 0.15) is 11.1 Å². The summed E-state index contributed by atoms with van der Waals surface area (Å²) in [5.74, 6) is 0.0797. The van der Waals surface area contributed by atoms with Crippen LogP contribution < -0.4 is 11.1 Å².